The normalized spacial score (nSPS) is 10.6. The standard InChI is InChI=1S/C34H44N8O14S.3CO.Re/c43-27(37-34(9-5-29(45)46,10-6-30(47)48)11-7-31(49)50)19-40-15-12-35-25(40)17-39(14-8-23-1-3-24(4-2-23)38-57(55)56)18-26-36-13-16-41(26)20-28(44)42(21-32(51)52)22-33(53)54;3*1-2;/h1-4,12-13,15-16,38H,5-11,14,17-22H2,(H,37,43)(H,45,46)(H,47,48)(H,49,50)(H,51,52)(H,53,54)(H,55,56);;;;/p-1. The molecule has 1 radical (unpaired) electrons. The van der Waals surface area contributed by atoms with Crippen LogP contribution >= 0.6 is 0 Å². The molecule has 0 bridgehead atoms. The number of benzene rings is 1. The summed E-state index contributed by atoms with van der Waals surface area (Å²) in [5.74, 6) is -7.20. The number of aromatic nitrogens is 4. The first-order valence-electron chi connectivity index (χ1n) is 17.9. The quantitative estimate of drug-likeness (QED) is 0.0297. The van der Waals surface area contributed by atoms with Crippen molar-refractivity contribution in [1.29, 1.82) is 0 Å². The van der Waals surface area contributed by atoms with Gasteiger partial charge in [-0.05, 0) is 43.4 Å². The van der Waals surface area contributed by atoms with Gasteiger partial charge in [0, 0.05) is 93.5 Å². The second-order valence-corrected chi connectivity index (χ2v) is 13.7. The summed E-state index contributed by atoms with van der Waals surface area (Å²) in [4.78, 5) is 94.7. The van der Waals surface area contributed by atoms with Gasteiger partial charge >= 0.3 is 63.8 Å². The van der Waals surface area contributed by atoms with E-state index in [9.17, 15) is 67.9 Å². The number of amides is 2. The number of aliphatic carboxylic acids is 5. The maximum absolute atomic E-state index is 13.5. The first-order valence-corrected chi connectivity index (χ1v) is 19.0. The van der Waals surface area contributed by atoms with Crippen LogP contribution in [0.5, 0.6) is 0 Å². The number of carbonyl (C=O) groups is 7. The second kappa shape index (κ2) is 32.4. The van der Waals surface area contributed by atoms with Gasteiger partial charge < -0.3 is 54.2 Å². The summed E-state index contributed by atoms with van der Waals surface area (Å²) >= 11 is -2.52. The predicted molar refractivity (Wildman–Crippen MR) is 206 cm³/mol. The molecule has 7 N–H and O–H groups in total. The van der Waals surface area contributed by atoms with E-state index in [1.165, 1.54) is 33.9 Å². The number of hydrogen-bond acceptors (Lipinski definition) is 12. The summed E-state index contributed by atoms with van der Waals surface area (Å²) in [6.45, 7) is 11.5. The third-order valence-corrected chi connectivity index (χ3v) is 9.09. The van der Waals surface area contributed by atoms with Crippen molar-refractivity contribution >= 4 is 58.6 Å². The molecular weight excluding hydrogens is 1050 g/mol. The molecule has 2 amide bonds. The Morgan fingerprint density at radius 3 is 1.52 bits per heavy atom. The van der Waals surface area contributed by atoms with Gasteiger partial charge in [0.1, 0.15) is 37.8 Å². The summed E-state index contributed by atoms with van der Waals surface area (Å²) in [5.41, 5.74) is -0.304. The Morgan fingerprint density at radius 2 is 1.12 bits per heavy atom. The average Bonchev–Trinajstić information content (AvgIpc) is 3.87. The van der Waals surface area contributed by atoms with Crippen LogP contribution in [0.4, 0.5) is 5.69 Å². The van der Waals surface area contributed by atoms with Crippen LogP contribution in [0.2, 0.25) is 0 Å². The van der Waals surface area contributed by atoms with Gasteiger partial charge in [-0.15, -0.1) is 0 Å². The number of carbonyl (C=O) groups excluding carboxylic acids is 2. The molecule has 3 aromatic rings. The molecule has 2 aromatic heterocycles. The fourth-order valence-corrected chi connectivity index (χ4v) is 6.23. The number of imidazole rings is 2. The van der Waals surface area contributed by atoms with E-state index in [0.29, 0.717) is 35.2 Å². The maximum Gasteiger partial charge on any atom is 0 e. The Kier molecular flexibility index (Phi) is 30.2. The second-order valence-electron chi connectivity index (χ2n) is 13.0. The molecule has 0 spiro atoms. The minimum atomic E-state index is -2.52. The van der Waals surface area contributed by atoms with E-state index in [0.717, 1.165) is 5.56 Å². The topological polar surface area (TPSA) is 387 Å². The van der Waals surface area contributed by atoms with Gasteiger partial charge in [-0.2, -0.15) is 0 Å². The number of carboxylic acids is 5. The van der Waals surface area contributed by atoms with Crippen LogP contribution in [0.3, 0.4) is 0 Å². The van der Waals surface area contributed by atoms with Gasteiger partial charge in [0.2, 0.25) is 11.8 Å². The molecule has 0 fully saturated rings. The molecule has 1 atom stereocenters. The predicted octanol–water partition coefficient (Wildman–Crippen LogP) is -0.137. The number of nitrogens with zero attached hydrogens (tertiary/aromatic N) is 6. The van der Waals surface area contributed by atoms with Crippen molar-refractivity contribution in [3.63, 3.8) is 0 Å². The number of hydrogen-bond donors (Lipinski definition) is 7. The molecule has 0 aliphatic carbocycles. The average molecular weight is 1090 g/mol. The zero-order valence-electron chi connectivity index (χ0n) is 33.6. The maximum atomic E-state index is 13.5. The zero-order valence-corrected chi connectivity index (χ0v) is 37.2. The minimum Gasteiger partial charge on any atom is 0 e. The van der Waals surface area contributed by atoms with Crippen LogP contribution in [0.25, 0.3) is 0 Å². The van der Waals surface area contributed by atoms with E-state index >= 15 is 0 Å². The van der Waals surface area contributed by atoms with E-state index in [1.807, 2.05) is 4.90 Å². The van der Waals surface area contributed by atoms with Crippen molar-refractivity contribution in [3.8, 4) is 0 Å². The molecule has 347 valence electrons. The Labute approximate surface area is 381 Å². The van der Waals surface area contributed by atoms with Gasteiger partial charge in [0.25, 0.3) is 0 Å². The van der Waals surface area contributed by atoms with Gasteiger partial charge in [-0.1, -0.05) is 12.1 Å². The van der Waals surface area contributed by atoms with E-state index in [-0.39, 0.29) is 59.3 Å². The smallest absolute Gasteiger partial charge is 0 e. The van der Waals surface area contributed by atoms with E-state index < -0.39 is 97.4 Å². The third-order valence-electron chi connectivity index (χ3n) is 8.69. The van der Waals surface area contributed by atoms with Crippen LogP contribution in [0.15, 0.2) is 49.1 Å². The first kappa shape index (κ1) is 59.8. The van der Waals surface area contributed by atoms with Crippen molar-refractivity contribution in [2.75, 3.05) is 24.4 Å². The fourth-order valence-electron chi connectivity index (χ4n) is 5.90. The number of carboxylic acid groups (broad SMARTS) is 5. The molecule has 2 heterocycles. The summed E-state index contributed by atoms with van der Waals surface area (Å²) in [6.07, 6.45) is 4.19. The third kappa shape index (κ3) is 23.8. The van der Waals surface area contributed by atoms with Crippen LogP contribution in [0, 0.1) is 20.0 Å². The van der Waals surface area contributed by atoms with Crippen molar-refractivity contribution in [3.05, 3.63) is 86.2 Å². The van der Waals surface area contributed by atoms with E-state index in [2.05, 4.69) is 40.0 Å². The zero-order chi connectivity index (χ0) is 48.1. The monoisotopic (exact) mass is 1090 g/mol. The molecule has 25 nitrogen and oxygen atoms in total. The molecule has 3 rings (SSSR count). The Bertz CT molecular complexity index is 1990. The van der Waals surface area contributed by atoms with Crippen LogP contribution < -0.4 is 10.0 Å². The summed E-state index contributed by atoms with van der Waals surface area (Å²) in [6, 6.07) is 6.57. The number of rotatable bonds is 27. The fraction of sp³-hybridized carbons (Fsp3) is 0.405. The molecular formula is C37H43N8O17ReS-. The van der Waals surface area contributed by atoms with Crippen molar-refractivity contribution in [1.82, 2.24) is 34.2 Å². The summed E-state index contributed by atoms with van der Waals surface area (Å²) in [5, 5.41) is 49.1. The van der Waals surface area contributed by atoms with Crippen LogP contribution in [-0.2, 0) is 112 Å². The van der Waals surface area contributed by atoms with Crippen LogP contribution in [0.1, 0.15) is 55.7 Å². The van der Waals surface area contributed by atoms with Gasteiger partial charge in [0.15, 0.2) is 0 Å². The Hall–Kier alpha value is -6.32. The van der Waals surface area contributed by atoms with Gasteiger partial charge in [-0.3, -0.25) is 42.7 Å². The molecule has 27 heteroatoms. The number of anilines is 1. The largest absolute Gasteiger partial charge is 0 e. The molecule has 1 aromatic carbocycles. The number of nitrogens with one attached hydrogen (secondary N) is 2. The Morgan fingerprint density at radius 1 is 0.703 bits per heavy atom. The van der Waals surface area contributed by atoms with Crippen molar-refractivity contribution in [2.24, 2.45) is 0 Å². The van der Waals surface area contributed by atoms with Crippen molar-refractivity contribution in [2.45, 2.75) is 76.7 Å². The molecule has 0 aliphatic heterocycles. The summed E-state index contributed by atoms with van der Waals surface area (Å²) in [7, 11) is 0. The minimum absolute atomic E-state index is 0. The van der Waals surface area contributed by atoms with Gasteiger partial charge in [-0.25, -0.2) is 9.97 Å². The molecule has 64 heavy (non-hydrogen) atoms. The van der Waals surface area contributed by atoms with Crippen LogP contribution in [-0.4, -0.2) is 130 Å². The van der Waals surface area contributed by atoms with Gasteiger partial charge in [0.05, 0.1) is 13.1 Å². The SMILES string of the molecule is O=C(O)CCC(CCC(=O)O)(CCC(=O)O)NC(=O)Cn1ccnc1CN(CCc1ccc(NS(=O)[O-])cc1)Cc1nccn1CC(=O)N(CC(=O)O)CC(=O)O.[C-]#[O+].[C-]#[O+].[C-]#[O+].[Re]. The molecule has 0 saturated heterocycles. The molecule has 0 aliphatic rings. The van der Waals surface area contributed by atoms with Crippen molar-refractivity contribution < 1.29 is 102 Å². The van der Waals surface area contributed by atoms with E-state index in [1.54, 1.807) is 24.3 Å². The first-order chi connectivity index (χ1) is 29.9. The summed E-state index contributed by atoms with van der Waals surface area (Å²) < 4.78 is 49.7. The Balaban J connectivity index is 0. The van der Waals surface area contributed by atoms with E-state index in [4.69, 9.17) is 14.0 Å². The molecule has 1 unspecified atom stereocenters. The molecule has 0 saturated carbocycles.